The van der Waals surface area contributed by atoms with Gasteiger partial charge in [0.15, 0.2) is 0 Å². The Hall–Kier alpha value is -2.98. The van der Waals surface area contributed by atoms with Crippen molar-refractivity contribution in [1.82, 2.24) is 19.9 Å². The van der Waals surface area contributed by atoms with Crippen LogP contribution in [0.3, 0.4) is 0 Å². The van der Waals surface area contributed by atoms with Crippen LogP contribution in [0, 0.1) is 6.92 Å². The van der Waals surface area contributed by atoms with Crippen LogP contribution in [-0.2, 0) is 13.1 Å². The first kappa shape index (κ1) is 15.5. The average Bonchev–Trinajstić information content (AvgIpc) is 3.08. The molecule has 0 aliphatic carbocycles. The molecular weight excluding hydrogens is 308 g/mol. The summed E-state index contributed by atoms with van der Waals surface area (Å²) in [7, 11) is 0. The van der Waals surface area contributed by atoms with Crippen molar-refractivity contribution in [2.75, 3.05) is 0 Å². The highest BCUT2D eigenvalue weighted by atomic mass is 15.1. The van der Waals surface area contributed by atoms with E-state index in [1.165, 1.54) is 21.9 Å². The Morgan fingerprint density at radius 1 is 0.880 bits per heavy atom. The number of aromatic nitrogens is 3. The zero-order valence-electron chi connectivity index (χ0n) is 14.2. The van der Waals surface area contributed by atoms with Crippen LogP contribution in [0.2, 0.25) is 0 Å². The van der Waals surface area contributed by atoms with Crippen molar-refractivity contribution in [2.45, 2.75) is 20.0 Å². The Kier molecular flexibility index (Phi) is 4.27. The standard InChI is InChI=1S/C21H20N4/c1-16-23-10-11-25(16)21-9-7-18(15-24-21)14-22-13-17-6-8-19-4-2-3-5-20(19)12-17/h2-12,15,22H,13-14H2,1H3. The molecule has 4 nitrogen and oxygen atoms in total. The van der Waals surface area contributed by atoms with Gasteiger partial charge in [0, 0.05) is 31.7 Å². The van der Waals surface area contributed by atoms with Crippen LogP contribution >= 0.6 is 0 Å². The van der Waals surface area contributed by atoms with Crippen LogP contribution in [-0.4, -0.2) is 14.5 Å². The molecule has 0 spiro atoms. The number of benzene rings is 2. The number of pyridine rings is 1. The van der Waals surface area contributed by atoms with Gasteiger partial charge in [0.1, 0.15) is 11.6 Å². The molecule has 4 heteroatoms. The highest BCUT2D eigenvalue weighted by Gasteiger charge is 2.02. The molecule has 0 aliphatic rings. The zero-order chi connectivity index (χ0) is 17.1. The molecule has 4 rings (SSSR count). The number of hydrogen-bond acceptors (Lipinski definition) is 3. The Bertz CT molecular complexity index is 986. The zero-order valence-corrected chi connectivity index (χ0v) is 14.2. The van der Waals surface area contributed by atoms with E-state index >= 15 is 0 Å². The number of rotatable bonds is 5. The van der Waals surface area contributed by atoms with Gasteiger partial charge in [0.25, 0.3) is 0 Å². The summed E-state index contributed by atoms with van der Waals surface area (Å²) in [5.74, 6) is 1.84. The van der Waals surface area contributed by atoms with Gasteiger partial charge in [0.05, 0.1) is 0 Å². The van der Waals surface area contributed by atoms with E-state index in [9.17, 15) is 0 Å². The molecule has 2 heterocycles. The van der Waals surface area contributed by atoms with E-state index < -0.39 is 0 Å². The van der Waals surface area contributed by atoms with E-state index in [-0.39, 0.29) is 0 Å². The van der Waals surface area contributed by atoms with Crippen molar-refractivity contribution in [3.05, 3.63) is 90.1 Å². The SMILES string of the molecule is Cc1nccn1-c1ccc(CNCc2ccc3ccccc3c2)cn1. The number of nitrogens with zero attached hydrogens (tertiary/aromatic N) is 3. The molecule has 0 bridgehead atoms. The van der Waals surface area contributed by atoms with E-state index in [4.69, 9.17) is 0 Å². The lowest BCUT2D eigenvalue weighted by Gasteiger charge is -2.08. The Balaban J connectivity index is 1.38. The van der Waals surface area contributed by atoms with Crippen LogP contribution < -0.4 is 5.32 Å². The van der Waals surface area contributed by atoms with Crippen molar-refractivity contribution in [1.29, 1.82) is 0 Å². The molecule has 0 saturated carbocycles. The Labute approximate surface area is 147 Å². The van der Waals surface area contributed by atoms with Crippen molar-refractivity contribution < 1.29 is 0 Å². The minimum absolute atomic E-state index is 0.795. The summed E-state index contributed by atoms with van der Waals surface area (Å²) in [6.45, 7) is 3.61. The monoisotopic (exact) mass is 328 g/mol. The van der Waals surface area contributed by atoms with Crippen molar-refractivity contribution in [3.63, 3.8) is 0 Å². The molecule has 124 valence electrons. The Morgan fingerprint density at radius 3 is 2.44 bits per heavy atom. The summed E-state index contributed by atoms with van der Waals surface area (Å²) in [4.78, 5) is 8.76. The molecule has 4 aromatic rings. The Morgan fingerprint density at radius 2 is 1.68 bits per heavy atom. The minimum atomic E-state index is 0.795. The quantitative estimate of drug-likeness (QED) is 0.602. The van der Waals surface area contributed by atoms with Gasteiger partial charge in [-0.25, -0.2) is 9.97 Å². The van der Waals surface area contributed by atoms with Crippen LogP contribution in [0.4, 0.5) is 0 Å². The third-order valence-corrected chi connectivity index (χ3v) is 4.35. The summed E-state index contributed by atoms with van der Waals surface area (Å²) >= 11 is 0. The lowest BCUT2D eigenvalue weighted by atomic mass is 10.1. The summed E-state index contributed by atoms with van der Waals surface area (Å²) < 4.78 is 1.98. The van der Waals surface area contributed by atoms with Crippen LogP contribution in [0.1, 0.15) is 17.0 Å². The first-order valence-electron chi connectivity index (χ1n) is 8.43. The molecule has 2 aromatic heterocycles. The second-order valence-electron chi connectivity index (χ2n) is 6.15. The molecule has 0 aliphatic heterocycles. The van der Waals surface area contributed by atoms with Gasteiger partial charge in [0.2, 0.25) is 0 Å². The predicted octanol–water partition coefficient (Wildman–Crippen LogP) is 4.02. The molecular formula is C21H20N4. The van der Waals surface area contributed by atoms with Crippen LogP contribution in [0.25, 0.3) is 16.6 Å². The molecule has 1 N–H and O–H groups in total. The minimum Gasteiger partial charge on any atom is -0.309 e. The first-order valence-corrected chi connectivity index (χ1v) is 8.43. The van der Waals surface area contributed by atoms with Gasteiger partial charge in [-0.15, -0.1) is 0 Å². The summed E-state index contributed by atoms with van der Waals surface area (Å²) in [5, 5.41) is 6.05. The topological polar surface area (TPSA) is 42.7 Å². The molecule has 0 atom stereocenters. The van der Waals surface area contributed by atoms with E-state index in [1.807, 2.05) is 30.0 Å². The highest BCUT2D eigenvalue weighted by molar-refractivity contribution is 5.82. The van der Waals surface area contributed by atoms with Gasteiger partial charge >= 0.3 is 0 Å². The lowest BCUT2D eigenvalue weighted by Crippen LogP contribution is -2.13. The molecule has 0 unspecified atom stereocenters. The normalized spacial score (nSPS) is 11.1. The molecule has 0 saturated heterocycles. The van der Waals surface area contributed by atoms with E-state index in [0.29, 0.717) is 0 Å². The number of imidazole rings is 1. The molecule has 0 amide bonds. The van der Waals surface area contributed by atoms with E-state index in [0.717, 1.165) is 24.7 Å². The van der Waals surface area contributed by atoms with Gasteiger partial charge in [-0.05, 0) is 41.0 Å². The smallest absolute Gasteiger partial charge is 0.137 e. The fourth-order valence-corrected chi connectivity index (χ4v) is 2.98. The largest absolute Gasteiger partial charge is 0.309 e. The lowest BCUT2D eigenvalue weighted by molar-refractivity contribution is 0.691. The van der Waals surface area contributed by atoms with Crippen molar-refractivity contribution >= 4 is 10.8 Å². The van der Waals surface area contributed by atoms with Crippen molar-refractivity contribution in [3.8, 4) is 5.82 Å². The van der Waals surface area contributed by atoms with Crippen LogP contribution in [0.5, 0.6) is 0 Å². The maximum Gasteiger partial charge on any atom is 0.137 e. The highest BCUT2D eigenvalue weighted by Crippen LogP contribution is 2.15. The number of fused-ring (bicyclic) bond motifs is 1. The molecule has 25 heavy (non-hydrogen) atoms. The fraction of sp³-hybridized carbons (Fsp3) is 0.143. The first-order chi connectivity index (χ1) is 12.3. The van der Waals surface area contributed by atoms with Gasteiger partial charge < -0.3 is 5.32 Å². The van der Waals surface area contributed by atoms with E-state index in [2.05, 4.69) is 63.8 Å². The molecule has 2 aromatic carbocycles. The predicted molar refractivity (Wildman–Crippen MR) is 101 cm³/mol. The summed E-state index contributed by atoms with van der Waals surface area (Å²) in [5.41, 5.74) is 2.46. The number of hydrogen-bond donors (Lipinski definition) is 1. The second kappa shape index (κ2) is 6.87. The third kappa shape index (κ3) is 3.44. The third-order valence-electron chi connectivity index (χ3n) is 4.35. The average molecular weight is 328 g/mol. The summed E-state index contributed by atoms with van der Waals surface area (Å²) in [6, 6.07) is 19.2. The molecule has 0 radical (unpaired) electrons. The van der Waals surface area contributed by atoms with Gasteiger partial charge in [-0.3, -0.25) is 4.57 Å². The fourth-order valence-electron chi connectivity index (χ4n) is 2.98. The summed E-state index contributed by atoms with van der Waals surface area (Å²) in [6.07, 6.45) is 5.63. The van der Waals surface area contributed by atoms with Gasteiger partial charge in [-0.1, -0.05) is 42.5 Å². The van der Waals surface area contributed by atoms with Crippen molar-refractivity contribution in [2.24, 2.45) is 0 Å². The van der Waals surface area contributed by atoms with E-state index in [1.54, 1.807) is 6.20 Å². The maximum atomic E-state index is 4.53. The number of nitrogens with one attached hydrogen (secondary N) is 1. The number of aryl methyl sites for hydroxylation is 1. The van der Waals surface area contributed by atoms with Crippen LogP contribution in [0.15, 0.2) is 73.2 Å². The van der Waals surface area contributed by atoms with Gasteiger partial charge in [-0.2, -0.15) is 0 Å². The maximum absolute atomic E-state index is 4.53. The molecule has 0 fully saturated rings. The second-order valence-corrected chi connectivity index (χ2v) is 6.15.